The highest BCUT2D eigenvalue weighted by Crippen LogP contribution is 2.39. The highest BCUT2D eigenvalue weighted by atomic mass is 35.5. The third-order valence-electron chi connectivity index (χ3n) is 7.92. The van der Waals surface area contributed by atoms with Gasteiger partial charge in [0.15, 0.2) is 0 Å². The fraction of sp³-hybridized carbons (Fsp3) is 0.433. The van der Waals surface area contributed by atoms with Gasteiger partial charge in [-0.15, -0.1) is 12.4 Å². The van der Waals surface area contributed by atoms with Gasteiger partial charge in [-0.2, -0.15) is 0 Å². The molecule has 0 bridgehead atoms. The van der Waals surface area contributed by atoms with Crippen molar-refractivity contribution in [2.24, 2.45) is 11.8 Å². The molecule has 1 heterocycles. The molecule has 2 aromatic carbocycles. The average Bonchev–Trinajstić information content (AvgIpc) is 3.03. The van der Waals surface area contributed by atoms with Crippen molar-refractivity contribution in [3.8, 4) is 0 Å². The Balaban J connectivity index is 0.00000259. The summed E-state index contributed by atoms with van der Waals surface area (Å²) >= 11 is 0. The van der Waals surface area contributed by atoms with Crippen LogP contribution in [-0.4, -0.2) is 30.8 Å². The Bertz CT molecular complexity index is 956. The van der Waals surface area contributed by atoms with E-state index in [1.165, 1.54) is 66.2 Å². The van der Waals surface area contributed by atoms with Crippen LogP contribution in [0, 0.1) is 11.8 Å². The number of hydrogen-bond acceptors (Lipinski definition) is 2. The first-order valence-electron chi connectivity index (χ1n) is 12.6. The van der Waals surface area contributed by atoms with Crippen LogP contribution in [0.1, 0.15) is 73.6 Å². The maximum atomic E-state index is 11.8. The van der Waals surface area contributed by atoms with Crippen molar-refractivity contribution >= 4 is 36.4 Å². The Morgan fingerprint density at radius 3 is 2.00 bits per heavy atom. The van der Waals surface area contributed by atoms with E-state index in [4.69, 9.17) is 0 Å². The molecule has 5 rings (SSSR count). The van der Waals surface area contributed by atoms with Crippen molar-refractivity contribution in [1.82, 2.24) is 4.90 Å². The molecule has 0 amide bonds. The predicted molar refractivity (Wildman–Crippen MR) is 142 cm³/mol. The molecule has 2 aromatic rings. The minimum absolute atomic E-state index is 0. The van der Waals surface area contributed by atoms with Gasteiger partial charge in [0.1, 0.15) is 6.29 Å². The Morgan fingerprint density at radius 1 is 0.848 bits per heavy atom. The minimum atomic E-state index is 0. The number of rotatable bonds is 5. The number of fused-ring (bicyclic) bond motifs is 2. The highest BCUT2D eigenvalue weighted by molar-refractivity contribution is 5.94. The van der Waals surface area contributed by atoms with Crippen LogP contribution in [-0.2, 0) is 4.79 Å². The molecule has 1 saturated heterocycles. The molecular formula is C30H36ClNO. The molecule has 0 spiro atoms. The maximum absolute atomic E-state index is 11.8. The van der Waals surface area contributed by atoms with Crippen LogP contribution in [0.15, 0.2) is 54.1 Å². The lowest BCUT2D eigenvalue weighted by Crippen LogP contribution is -2.34. The predicted octanol–water partition coefficient (Wildman–Crippen LogP) is 7.28. The van der Waals surface area contributed by atoms with Gasteiger partial charge < -0.3 is 9.69 Å². The van der Waals surface area contributed by atoms with Crippen LogP contribution in [0.2, 0.25) is 0 Å². The van der Waals surface area contributed by atoms with Gasteiger partial charge in [-0.25, -0.2) is 0 Å². The second kappa shape index (κ2) is 11.3. The number of hydrogen-bond donors (Lipinski definition) is 0. The molecule has 1 aliphatic heterocycles. The fourth-order valence-electron chi connectivity index (χ4n) is 6.05. The molecule has 2 aliphatic carbocycles. The fourth-order valence-corrected chi connectivity index (χ4v) is 6.05. The summed E-state index contributed by atoms with van der Waals surface area (Å²) in [5.41, 5.74) is 8.41. The number of nitrogens with zero attached hydrogens (tertiary/aromatic N) is 1. The Hall–Kier alpha value is -2.16. The summed E-state index contributed by atoms with van der Waals surface area (Å²) in [5, 5.41) is 0. The van der Waals surface area contributed by atoms with Gasteiger partial charge in [0.05, 0.1) is 0 Å². The molecule has 0 radical (unpaired) electrons. The Morgan fingerprint density at radius 2 is 1.42 bits per heavy atom. The Labute approximate surface area is 205 Å². The van der Waals surface area contributed by atoms with Crippen LogP contribution in [0.4, 0.5) is 0 Å². The summed E-state index contributed by atoms with van der Waals surface area (Å²) in [5.74, 6) is 0.900. The molecule has 3 heteroatoms. The van der Waals surface area contributed by atoms with E-state index in [2.05, 4.69) is 65.6 Å². The van der Waals surface area contributed by atoms with E-state index in [0.29, 0.717) is 5.92 Å². The summed E-state index contributed by atoms with van der Waals surface area (Å²) < 4.78 is 0. The van der Waals surface area contributed by atoms with E-state index in [1.807, 2.05) is 0 Å². The Kier molecular flexibility index (Phi) is 8.22. The number of carbonyl (C=O) groups excluding carboxylic acids is 1. The largest absolute Gasteiger partial charge is 0.303 e. The molecule has 2 nitrogen and oxygen atoms in total. The molecule has 174 valence electrons. The lowest BCUT2D eigenvalue weighted by Gasteiger charge is -2.33. The lowest BCUT2D eigenvalue weighted by atomic mass is 9.79. The van der Waals surface area contributed by atoms with Crippen LogP contribution in [0.5, 0.6) is 0 Å². The first-order valence-corrected chi connectivity index (χ1v) is 12.6. The summed E-state index contributed by atoms with van der Waals surface area (Å²) in [6.45, 7) is 3.27. The lowest BCUT2D eigenvalue weighted by molar-refractivity contribution is -0.113. The molecule has 1 saturated carbocycles. The molecule has 0 N–H and O–H groups in total. The molecule has 33 heavy (non-hydrogen) atoms. The van der Waals surface area contributed by atoms with Crippen molar-refractivity contribution in [3.05, 3.63) is 76.4 Å². The summed E-state index contributed by atoms with van der Waals surface area (Å²) in [4.78, 5) is 14.4. The zero-order valence-corrected chi connectivity index (χ0v) is 20.4. The van der Waals surface area contributed by atoms with Gasteiger partial charge in [-0.05, 0) is 72.4 Å². The molecule has 2 fully saturated rings. The molecule has 3 aliphatic rings. The van der Waals surface area contributed by atoms with E-state index in [1.54, 1.807) is 5.57 Å². The van der Waals surface area contributed by atoms with Gasteiger partial charge in [-0.1, -0.05) is 85.5 Å². The third kappa shape index (κ3) is 5.34. The SMILES string of the molecule is Cl.O=CC(CCN1CCC(=C2c3ccccc3C=Cc3ccccc32)CC1)C1CCCCC1. The van der Waals surface area contributed by atoms with E-state index in [0.717, 1.165) is 38.9 Å². The number of piperidine rings is 1. The van der Waals surface area contributed by atoms with Crippen LogP contribution >= 0.6 is 12.4 Å². The van der Waals surface area contributed by atoms with Crippen molar-refractivity contribution in [1.29, 1.82) is 0 Å². The van der Waals surface area contributed by atoms with Gasteiger partial charge in [0, 0.05) is 19.0 Å². The molecule has 0 aromatic heterocycles. The zero-order valence-electron chi connectivity index (χ0n) is 19.5. The average molecular weight is 462 g/mol. The standard InChI is InChI=1S/C30H35NO.ClH/c32-22-27(23-8-2-1-3-9-23)18-21-31-19-16-26(17-20-31)30-28-12-6-4-10-24(28)14-15-25-11-5-7-13-29(25)30;/h4-7,10-15,22-23,27H,1-3,8-9,16-21H2;1H. The van der Waals surface area contributed by atoms with Gasteiger partial charge in [0.2, 0.25) is 0 Å². The molecular weight excluding hydrogens is 426 g/mol. The summed E-state index contributed by atoms with van der Waals surface area (Å²) in [6, 6.07) is 17.7. The molecule has 1 unspecified atom stereocenters. The van der Waals surface area contributed by atoms with Crippen molar-refractivity contribution < 1.29 is 4.79 Å². The van der Waals surface area contributed by atoms with Gasteiger partial charge >= 0.3 is 0 Å². The highest BCUT2D eigenvalue weighted by Gasteiger charge is 2.26. The number of benzene rings is 2. The smallest absolute Gasteiger partial charge is 0.123 e. The normalized spacial score (nSPS) is 19.8. The third-order valence-corrected chi connectivity index (χ3v) is 7.92. The van der Waals surface area contributed by atoms with Crippen molar-refractivity contribution in [2.75, 3.05) is 19.6 Å². The number of carbonyl (C=O) groups is 1. The van der Waals surface area contributed by atoms with E-state index >= 15 is 0 Å². The summed E-state index contributed by atoms with van der Waals surface area (Å²) in [6.07, 6.45) is 15.6. The monoisotopic (exact) mass is 461 g/mol. The van der Waals surface area contributed by atoms with Crippen molar-refractivity contribution in [2.45, 2.75) is 51.4 Å². The number of aldehydes is 1. The van der Waals surface area contributed by atoms with Crippen LogP contribution in [0.25, 0.3) is 17.7 Å². The van der Waals surface area contributed by atoms with Gasteiger partial charge in [-0.3, -0.25) is 0 Å². The number of halogens is 1. The summed E-state index contributed by atoms with van der Waals surface area (Å²) in [7, 11) is 0. The van der Waals surface area contributed by atoms with Crippen molar-refractivity contribution in [3.63, 3.8) is 0 Å². The quantitative estimate of drug-likeness (QED) is 0.372. The topological polar surface area (TPSA) is 20.3 Å². The second-order valence-corrected chi connectivity index (χ2v) is 9.81. The first kappa shape index (κ1) is 24.0. The second-order valence-electron chi connectivity index (χ2n) is 9.81. The minimum Gasteiger partial charge on any atom is -0.303 e. The molecule has 1 atom stereocenters. The zero-order chi connectivity index (χ0) is 21.8. The maximum Gasteiger partial charge on any atom is 0.123 e. The van der Waals surface area contributed by atoms with E-state index in [-0.39, 0.29) is 18.3 Å². The van der Waals surface area contributed by atoms with E-state index < -0.39 is 0 Å². The number of likely N-dealkylation sites (tertiary alicyclic amines) is 1. The van der Waals surface area contributed by atoms with Crippen LogP contribution in [0.3, 0.4) is 0 Å². The van der Waals surface area contributed by atoms with E-state index in [9.17, 15) is 4.79 Å². The first-order chi connectivity index (χ1) is 15.8. The van der Waals surface area contributed by atoms with Crippen LogP contribution < -0.4 is 0 Å². The van der Waals surface area contributed by atoms with Gasteiger partial charge in [0.25, 0.3) is 0 Å².